The monoisotopic (exact) mass is 405 g/mol. The van der Waals surface area contributed by atoms with Gasteiger partial charge >= 0.3 is 0 Å². The van der Waals surface area contributed by atoms with Gasteiger partial charge in [0.05, 0.1) is 0 Å². The zero-order valence-corrected chi connectivity index (χ0v) is 18.4. The Morgan fingerprint density at radius 1 is 0.467 bits per heavy atom. The van der Waals surface area contributed by atoms with E-state index in [4.69, 9.17) is 0 Å². The van der Waals surface area contributed by atoms with E-state index >= 15 is 0 Å². The van der Waals surface area contributed by atoms with Crippen LogP contribution < -0.4 is 10.6 Å². The van der Waals surface area contributed by atoms with Gasteiger partial charge in [-0.3, -0.25) is 0 Å². The average molecular weight is 405 g/mol. The number of hydrogen-bond donors (Lipinski definition) is 0. The highest BCUT2D eigenvalue weighted by molar-refractivity contribution is 7.55. The molecular weight excluding hydrogens is 378 g/mol. The molecule has 3 radical (unpaired) electrons. The largest absolute Gasteiger partial charge is 0.0622 e. The minimum absolute atomic E-state index is 0. The standard InChI is InChI=1S/C16H16.C12H11P.B/c1-12-15(13-8-4-2-5-9-13)16(12)14-10-6-3-7-11-14;1-3-7-11(8-4-1)13-12-9-5-2-6-10-12;/h2-12,15-16H,1H3;1-10,13H;. The Morgan fingerprint density at radius 3 is 1.10 bits per heavy atom. The Balaban J connectivity index is 0.000000169. The van der Waals surface area contributed by atoms with E-state index in [9.17, 15) is 0 Å². The summed E-state index contributed by atoms with van der Waals surface area (Å²) in [7, 11) is 0.777. The molecule has 1 saturated carbocycles. The van der Waals surface area contributed by atoms with Gasteiger partial charge in [-0.15, -0.1) is 0 Å². The molecule has 1 aliphatic rings. The summed E-state index contributed by atoms with van der Waals surface area (Å²) < 4.78 is 0. The molecular formula is C28H27BP. The maximum atomic E-state index is 2.36. The van der Waals surface area contributed by atoms with Crippen molar-refractivity contribution in [3.05, 3.63) is 132 Å². The van der Waals surface area contributed by atoms with Crippen LogP contribution in [0.3, 0.4) is 0 Å². The molecule has 147 valence electrons. The maximum absolute atomic E-state index is 2.36. The molecule has 1 fully saturated rings. The summed E-state index contributed by atoms with van der Waals surface area (Å²) in [4.78, 5) is 0. The molecule has 4 aromatic rings. The fraction of sp³-hybridized carbons (Fsp3) is 0.143. The zero-order chi connectivity index (χ0) is 19.9. The molecule has 0 bridgehead atoms. The van der Waals surface area contributed by atoms with Crippen LogP contribution in [0.4, 0.5) is 0 Å². The third-order valence-corrected chi connectivity index (χ3v) is 6.83. The third-order valence-electron chi connectivity index (χ3n) is 5.58. The highest BCUT2D eigenvalue weighted by Crippen LogP contribution is 2.59. The van der Waals surface area contributed by atoms with Crippen LogP contribution in [0.2, 0.25) is 0 Å². The Morgan fingerprint density at radius 2 is 0.767 bits per heavy atom. The van der Waals surface area contributed by atoms with Crippen molar-refractivity contribution in [2.45, 2.75) is 18.8 Å². The lowest BCUT2D eigenvalue weighted by Crippen LogP contribution is -2.01. The fourth-order valence-electron chi connectivity index (χ4n) is 4.04. The second-order valence-electron chi connectivity index (χ2n) is 7.59. The van der Waals surface area contributed by atoms with Gasteiger partial charge in [0.25, 0.3) is 0 Å². The second kappa shape index (κ2) is 11.0. The van der Waals surface area contributed by atoms with Gasteiger partial charge in [-0.25, -0.2) is 0 Å². The molecule has 1 aliphatic carbocycles. The lowest BCUT2D eigenvalue weighted by molar-refractivity contribution is 0.896. The van der Waals surface area contributed by atoms with Crippen LogP contribution in [0.1, 0.15) is 29.9 Å². The first kappa shape index (κ1) is 22.1. The molecule has 2 heteroatoms. The van der Waals surface area contributed by atoms with E-state index in [1.54, 1.807) is 0 Å². The van der Waals surface area contributed by atoms with Crippen LogP contribution in [-0.2, 0) is 0 Å². The van der Waals surface area contributed by atoms with Crippen LogP contribution >= 0.6 is 8.58 Å². The van der Waals surface area contributed by atoms with Crippen LogP contribution in [0, 0.1) is 5.92 Å². The first-order chi connectivity index (χ1) is 14.3. The molecule has 0 spiro atoms. The summed E-state index contributed by atoms with van der Waals surface area (Å²) in [5.74, 6) is 2.23. The lowest BCUT2D eigenvalue weighted by atomic mass is 10.0. The van der Waals surface area contributed by atoms with Crippen molar-refractivity contribution >= 4 is 27.6 Å². The van der Waals surface area contributed by atoms with Gasteiger partial charge in [0, 0.05) is 8.41 Å². The van der Waals surface area contributed by atoms with Crippen molar-refractivity contribution in [1.82, 2.24) is 0 Å². The van der Waals surface area contributed by atoms with Crippen LogP contribution in [-0.4, -0.2) is 8.41 Å². The van der Waals surface area contributed by atoms with Gasteiger partial charge in [-0.2, -0.15) is 0 Å². The Hall–Kier alpha value is -2.63. The molecule has 0 amide bonds. The minimum atomic E-state index is 0. The van der Waals surface area contributed by atoms with E-state index in [1.165, 1.54) is 21.7 Å². The molecule has 0 N–H and O–H groups in total. The molecule has 2 unspecified atom stereocenters. The van der Waals surface area contributed by atoms with Crippen molar-refractivity contribution in [2.24, 2.45) is 5.92 Å². The van der Waals surface area contributed by atoms with Gasteiger partial charge < -0.3 is 0 Å². The van der Waals surface area contributed by atoms with Gasteiger partial charge in [0.2, 0.25) is 0 Å². The Kier molecular flexibility index (Phi) is 8.06. The third kappa shape index (κ3) is 5.71. The van der Waals surface area contributed by atoms with E-state index in [2.05, 4.69) is 128 Å². The first-order valence-corrected chi connectivity index (χ1v) is 11.3. The molecule has 0 aromatic heterocycles. The smallest absolute Gasteiger partial charge is 0 e. The van der Waals surface area contributed by atoms with Gasteiger partial charge in [-0.05, 0) is 39.5 Å². The van der Waals surface area contributed by atoms with Crippen LogP contribution in [0.5, 0.6) is 0 Å². The van der Waals surface area contributed by atoms with Gasteiger partial charge in [0.1, 0.15) is 0 Å². The first-order valence-electron chi connectivity index (χ1n) is 10.3. The molecule has 5 rings (SSSR count). The molecule has 2 atom stereocenters. The molecule has 0 nitrogen and oxygen atoms in total. The van der Waals surface area contributed by atoms with Gasteiger partial charge in [-0.1, -0.05) is 137 Å². The summed E-state index contributed by atoms with van der Waals surface area (Å²) >= 11 is 0. The van der Waals surface area contributed by atoms with Crippen molar-refractivity contribution in [1.29, 1.82) is 0 Å². The molecule has 0 heterocycles. The van der Waals surface area contributed by atoms with E-state index < -0.39 is 0 Å². The lowest BCUT2D eigenvalue weighted by Gasteiger charge is -2.00. The quantitative estimate of drug-likeness (QED) is 0.283. The summed E-state index contributed by atoms with van der Waals surface area (Å²) in [6, 6.07) is 42.9. The number of rotatable bonds is 4. The van der Waals surface area contributed by atoms with Crippen LogP contribution in [0.15, 0.2) is 121 Å². The summed E-state index contributed by atoms with van der Waals surface area (Å²) in [5.41, 5.74) is 2.98. The predicted octanol–water partition coefficient (Wildman–Crippen LogP) is 6.14. The summed E-state index contributed by atoms with van der Waals surface area (Å²) in [6.45, 7) is 2.36. The minimum Gasteiger partial charge on any atom is -0.0622 e. The Bertz CT molecular complexity index is 905. The van der Waals surface area contributed by atoms with Crippen molar-refractivity contribution in [3.63, 3.8) is 0 Å². The van der Waals surface area contributed by atoms with Crippen molar-refractivity contribution in [3.8, 4) is 0 Å². The molecule has 30 heavy (non-hydrogen) atoms. The highest BCUT2D eigenvalue weighted by atomic mass is 31.1. The summed E-state index contributed by atoms with van der Waals surface area (Å²) in [5, 5.41) is 2.79. The number of benzene rings is 4. The maximum Gasteiger partial charge on any atom is 0 e. The zero-order valence-electron chi connectivity index (χ0n) is 17.4. The Labute approximate surface area is 184 Å². The van der Waals surface area contributed by atoms with E-state index in [0.717, 1.165) is 26.3 Å². The highest BCUT2D eigenvalue weighted by Gasteiger charge is 2.47. The van der Waals surface area contributed by atoms with E-state index in [-0.39, 0.29) is 8.41 Å². The second-order valence-corrected chi connectivity index (χ2v) is 8.99. The molecule has 0 aliphatic heterocycles. The molecule has 4 aromatic carbocycles. The van der Waals surface area contributed by atoms with E-state index in [0.29, 0.717) is 0 Å². The SMILES string of the molecule is CC1C(c2ccccc2)C1c1ccccc1.[B].c1ccc(Pc2ccccc2)cc1. The topological polar surface area (TPSA) is 0 Å². The fourth-order valence-corrected chi connectivity index (χ4v) is 5.10. The van der Waals surface area contributed by atoms with Crippen molar-refractivity contribution < 1.29 is 0 Å². The van der Waals surface area contributed by atoms with Crippen molar-refractivity contribution in [2.75, 3.05) is 0 Å². The predicted molar refractivity (Wildman–Crippen MR) is 134 cm³/mol. The van der Waals surface area contributed by atoms with Crippen LogP contribution in [0.25, 0.3) is 0 Å². The molecule has 0 saturated heterocycles. The number of hydrogen-bond acceptors (Lipinski definition) is 0. The normalized spacial score (nSPS) is 19.0. The van der Waals surface area contributed by atoms with Gasteiger partial charge in [0.15, 0.2) is 0 Å². The van der Waals surface area contributed by atoms with E-state index in [1.807, 2.05) is 0 Å². The average Bonchev–Trinajstić information content (AvgIpc) is 3.48. The summed E-state index contributed by atoms with van der Waals surface area (Å²) in [6.07, 6.45) is 0.